The number of benzene rings is 2. The lowest BCUT2D eigenvalue weighted by molar-refractivity contribution is -0.385. The average molecular weight is 317 g/mol. The van der Waals surface area contributed by atoms with Gasteiger partial charge in [0.1, 0.15) is 19.0 Å². The molecule has 6 nitrogen and oxygen atoms in total. The van der Waals surface area contributed by atoms with E-state index in [9.17, 15) is 10.1 Å². The molecule has 0 amide bonds. The molecule has 2 aromatic rings. The number of nitro groups is 1. The highest BCUT2D eigenvalue weighted by Crippen LogP contribution is 2.31. The normalized spacial score (nSPS) is 10.2. The van der Waals surface area contributed by atoms with Gasteiger partial charge in [-0.3, -0.25) is 10.1 Å². The first-order valence-electron chi connectivity index (χ1n) is 7.16. The molecule has 0 saturated heterocycles. The van der Waals surface area contributed by atoms with Crippen LogP contribution in [-0.2, 0) is 0 Å². The minimum Gasteiger partial charge on any atom is -0.493 e. The number of hydrogen-bond donors (Lipinski definition) is 0. The maximum Gasteiger partial charge on any atom is 0.273 e. The first kappa shape index (κ1) is 16.6. The Kier molecular flexibility index (Phi) is 5.41. The summed E-state index contributed by atoms with van der Waals surface area (Å²) >= 11 is 0. The van der Waals surface area contributed by atoms with E-state index < -0.39 is 4.92 Å². The van der Waals surface area contributed by atoms with Gasteiger partial charge in [0.15, 0.2) is 11.5 Å². The van der Waals surface area contributed by atoms with E-state index in [0.29, 0.717) is 18.1 Å². The lowest BCUT2D eigenvalue weighted by Gasteiger charge is -2.12. The quantitative estimate of drug-likeness (QED) is 0.442. The van der Waals surface area contributed by atoms with Gasteiger partial charge in [-0.2, -0.15) is 0 Å². The van der Waals surface area contributed by atoms with Gasteiger partial charge in [0, 0.05) is 6.07 Å². The molecule has 0 radical (unpaired) electrons. The third-order valence-electron chi connectivity index (χ3n) is 3.16. The summed E-state index contributed by atoms with van der Waals surface area (Å²) in [5.41, 5.74) is 2.21. The Bertz CT molecular complexity index is 679. The number of non-ortho nitro benzene ring substituents is 1. The van der Waals surface area contributed by atoms with E-state index in [2.05, 4.69) is 6.07 Å². The van der Waals surface area contributed by atoms with E-state index in [1.807, 2.05) is 26.0 Å². The number of nitro benzene ring substituents is 1. The molecule has 0 aliphatic rings. The van der Waals surface area contributed by atoms with Crippen LogP contribution in [0.3, 0.4) is 0 Å². The van der Waals surface area contributed by atoms with Crippen LogP contribution in [0.25, 0.3) is 0 Å². The molecule has 2 aromatic carbocycles. The van der Waals surface area contributed by atoms with Crippen LogP contribution in [0.5, 0.6) is 17.2 Å². The molecule has 2 rings (SSSR count). The van der Waals surface area contributed by atoms with Crippen molar-refractivity contribution in [3.63, 3.8) is 0 Å². The van der Waals surface area contributed by atoms with Gasteiger partial charge in [-0.05, 0) is 43.2 Å². The highest BCUT2D eigenvalue weighted by Gasteiger charge is 2.12. The molecule has 0 saturated carbocycles. The molecule has 0 aliphatic carbocycles. The predicted molar refractivity (Wildman–Crippen MR) is 86.6 cm³/mol. The van der Waals surface area contributed by atoms with Gasteiger partial charge in [0.05, 0.1) is 18.1 Å². The molecule has 0 bridgehead atoms. The van der Waals surface area contributed by atoms with E-state index >= 15 is 0 Å². The molecule has 23 heavy (non-hydrogen) atoms. The standard InChI is InChI=1S/C17H19NO5/c1-12-8-13(2)10-15(9-12)22-6-7-23-17-11-14(18(19)20)4-5-16(17)21-3/h4-5,8-11H,6-7H2,1-3H3. The zero-order valence-corrected chi connectivity index (χ0v) is 13.4. The molecule has 0 atom stereocenters. The number of ether oxygens (including phenoxy) is 3. The summed E-state index contributed by atoms with van der Waals surface area (Å²) in [5.74, 6) is 1.55. The fraction of sp³-hybridized carbons (Fsp3) is 0.294. The maximum atomic E-state index is 10.8. The van der Waals surface area contributed by atoms with E-state index in [-0.39, 0.29) is 12.3 Å². The smallest absolute Gasteiger partial charge is 0.273 e. The molecule has 0 N–H and O–H groups in total. The van der Waals surface area contributed by atoms with Crippen molar-refractivity contribution in [2.75, 3.05) is 20.3 Å². The Morgan fingerprint density at radius 1 is 0.957 bits per heavy atom. The summed E-state index contributed by atoms with van der Waals surface area (Å²) in [4.78, 5) is 10.3. The number of rotatable bonds is 7. The molecule has 6 heteroatoms. The molecule has 0 aromatic heterocycles. The predicted octanol–water partition coefficient (Wildman–Crippen LogP) is 3.68. The summed E-state index contributed by atoms with van der Waals surface area (Å²) in [6.07, 6.45) is 0. The number of aryl methyl sites for hydroxylation is 2. The Morgan fingerprint density at radius 3 is 2.22 bits per heavy atom. The van der Waals surface area contributed by atoms with Crippen molar-refractivity contribution in [1.29, 1.82) is 0 Å². The van der Waals surface area contributed by atoms with Crippen molar-refractivity contribution in [1.82, 2.24) is 0 Å². The zero-order valence-electron chi connectivity index (χ0n) is 13.4. The Balaban J connectivity index is 1.95. The van der Waals surface area contributed by atoms with Crippen LogP contribution in [0.1, 0.15) is 11.1 Å². The van der Waals surface area contributed by atoms with Crippen LogP contribution in [0, 0.1) is 24.0 Å². The second-order valence-electron chi connectivity index (χ2n) is 5.11. The second kappa shape index (κ2) is 7.49. The minimum atomic E-state index is -0.474. The summed E-state index contributed by atoms with van der Waals surface area (Å²) in [6.45, 7) is 4.59. The van der Waals surface area contributed by atoms with Crippen molar-refractivity contribution in [2.45, 2.75) is 13.8 Å². The van der Waals surface area contributed by atoms with Gasteiger partial charge in [0.2, 0.25) is 0 Å². The van der Waals surface area contributed by atoms with Crippen molar-refractivity contribution < 1.29 is 19.1 Å². The number of hydrogen-bond acceptors (Lipinski definition) is 5. The SMILES string of the molecule is COc1ccc([N+](=O)[O-])cc1OCCOc1cc(C)cc(C)c1. The molecule has 0 spiro atoms. The Labute approximate surface area is 134 Å². The van der Waals surface area contributed by atoms with E-state index in [1.54, 1.807) is 0 Å². The van der Waals surface area contributed by atoms with Gasteiger partial charge in [-0.15, -0.1) is 0 Å². The van der Waals surface area contributed by atoms with Gasteiger partial charge in [0.25, 0.3) is 5.69 Å². The summed E-state index contributed by atoms with van der Waals surface area (Å²) in [7, 11) is 1.49. The summed E-state index contributed by atoms with van der Waals surface area (Å²) in [6, 6.07) is 10.2. The highest BCUT2D eigenvalue weighted by atomic mass is 16.6. The van der Waals surface area contributed by atoms with E-state index in [4.69, 9.17) is 14.2 Å². The summed E-state index contributed by atoms with van der Waals surface area (Å²) < 4.78 is 16.3. The van der Waals surface area contributed by atoms with Gasteiger partial charge < -0.3 is 14.2 Å². The molecule has 0 aliphatic heterocycles. The molecule has 0 unspecified atom stereocenters. The molecule has 122 valence electrons. The molecular formula is C17H19NO5. The average Bonchev–Trinajstić information content (AvgIpc) is 2.50. The fourth-order valence-corrected chi connectivity index (χ4v) is 2.22. The van der Waals surface area contributed by atoms with Crippen molar-refractivity contribution in [3.05, 3.63) is 57.6 Å². The number of methoxy groups -OCH3 is 1. The van der Waals surface area contributed by atoms with Gasteiger partial charge in [-0.25, -0.2) is 0 Å². The van der Waals surface area contributed by atoms with Gasteiger partial charge >= 0.3 is 0 Å². The zero-order chi connectivity index (χ0) is 16.8. The summed E-state index contributed by atoms with van der Waals surface area (Å²) in [5, 5.41) is 10.8. The third-order valence-corrected chi connectivity index (χ3v) is 3.16. The topological polar surface area (TPSA) is 70.8 Å². The van der Waals surface area contributed by atoms with Crippen molar-refractivity contribution in [2.24, 2.45) is 0 Å². The highest BCUT2D eigenvalue weighted by molar-refractivity contribution is 5.48. The lowest BCUT2D eigenvalue weighted by Crippen LogP contribution is -2.10. The second-order valence-corrected chi connectivity index (χ2v) is 5.11. The fourth-order valence-electron chi connectivity index (χ4n) is 2.22. The van der Waals surface area contributed by atoms with E-state index in [0.717, 1.165) is 16.9 Å². The molecule has 0 fully saturated rings. The maximum absolute atomic E-state index is 10.8. The Hall–Kier alpha value is -2.76. The van der Waals surface area contributed by atoms with Crippen LogP contribution in [0.15, 0.2) is 36.4 Å². The number of nitrogens with zero attached hydrogens (tertiary/aromatic N) is 1. The third kappa shape index (κ3) is 4.60. The monoisotopic (exact) mass is 317 g/mol. The van der Waals surface area contributed by atoms with Gasteiger partial charge in [-0.1, -0.05) is 6.07 Å². The van der Waals surface area contributed by atoms with Crippen molar-refractivity contribution >= 4 is 5.69 Å². The lowest BCUT2D eigenvalue weighted by atomic mass is 10.1. The van der Waals surface area contributed by atoms with Crippen molar-refractivity contribution in [3.8, 4) is 17.2 Å². The first-order valence-corrected chi connectivity index (χ1v) is 7.16. The molecular weight excluding hydrogens is 298 g/mol. The van der Waals surface area contributed by atoms with Crippen LogP contribution >= 0.6 is 0 Å². The van der Waals surface area contributed by atoms with Crippen LogP contribution < -0.4 is 14.2 Å². The minimum absolute atomic E-state index is 0.0453. The largest absolute Gasteiger partial charge is 0.493 e. The van der Waals surface area contributed by atoms with Crippen LogP contribution in [-0.4, -0.2) is 25.2 Å². The van der Waals surface area contributed by atoms with E-state index in [1.165, 1.54) is 25.3 Å². The van der Waals surface area contributed by atoms with Crippen LogP contribution in [0.2, 0.25) is 0 Å². The molecule has 0 heterocycles. The van der Waals surface area contributed by atoms with Crippen LogP contribution in [0.4, 0.5) is 5.69 Å². The Morgan fingerprint density at radius 2 is 1.61 bits per heavy atom. The first-order chi connectivity index (χ1) is 11.0.